The number of rotatable bonds is 2. The van der Waals surface area contributed by atoms with E-state index in [0.29, 0.717) is 11.6 Å². The summed E-state index contributed by atoms with van der Waals surface area (Å²) in [6, 6.07) is 7.86. The topological polar surface area (TPSA) is 58.6 Å². The Balaban J connectivity index is 1.72. The maximum Gasteiger partial charge on any atom is 0.217 e. The number of piperazine rings is 1. The standard InChI is InChI=1S/C14H15N5O/c1-2-12(20-9-1)14-16-13-10-11(3-6-19(13)17-14)18-7-4-15-5-8-18/h1-3,6,9-10,15H,4-5,7-8H2. The van der Waals surface area contributed by atoms with Crippen LogP contribution in [0.2, 0.25) is 0 Å². The highest BCUT2D eigenvalue weighted by molar-refractivity contribution is 5.59. The van der Waals surface area contributed by atoms with Crippen LogP contribution in [0.25, 0.3) is 17.2 Å². The van der Waals surface area contributed by atoms with E-state index in [1.165, 1.54) is 5.69 Å². The molecule has 0 atom stereocenters. The number of nitrogens with one attached hydrogen (secondary N) is 1. The molecule has 0 bridgehead atoms. The minimum Gasteiger partial charge on any atom is -0.461 e. The predicted molar refractivity (Wildman–Crippen MR) is 75.8 cm³/mol. The molecular formula is C14H15N5O. The highest BCUT2D eigenvalue weighted by atomic mass is 16.3. The first-order chi connectivity index (χ1) is 9.90. The molecule has 0 amide bonds. The van der Waals surface area contributed by atoms with Crippen molar-refractivity contribution in [1.82, 2.24) is 19.9 Å². The molecule has 3 aromatic heterocycles. The highest BCUT2D eigenvalue weighted by Crippen LogP contribution is 2.20. The van der Waals surface area contributed by atoms with Crippen LogP contribution in [0.1, 0.15) is 0 Å². The number of pyridine rings is 1. The first-order valence-corrected chi connectivity index (χ1v) is 6.76. The third-order valence-corrected chi connectivity index (χ3v) is 3.54. The lowest BCUT2D eigenvalue weighted by atomic mass is 10.3. The van der Waals surface area contributed by atoms with Crippen molar-refractivity contribution >= 4 is 11.3 Å². The Morgan fingerprint density at radius 2 is 2.10 bits per heavy atom. The van der Waals surface area contributed by atoms with Gasteiger partial charge in [-0.3, -0.25) is 0 Å². The summed E-state index contributed by atoms with van der Waals surface area (Å²) in [5.74, 6) is 1.31. The first-order valence-electron chi connectivity index (χ1n) is 6.76. The van der Waals surface area contributed by atoms with E-state index in [1.807, 2.05) is 18.3 Å². The Labute approximate surface area is 116 Å². The van der Waals surface area contributed by atoms with Gasteiger partial charge in [0.25, 0.3) is 0 Å². The molecule has 6 heteroatoms. The Kier molecular flexibility index (Phi) is 2.67. The van der Waals surface area contributed by atoms with Crippen molar-refractivity contribution in [3.05, 3.63) is 36.7 Å². The summed E-state index contributed by atoms with van der Waals surface area (Å²) in [7, 11) is 0. The predicted octanol–water partition coefficient (Wildman–Crippen LogP) is 1.40. The van der Waals surface area contributed by atoms with Crippen molar-refractivity contribution in [1.29, 1.82) is 0 Å². The molecule has 20 heavy (non-hydrogen) atoms. The fraction of sp³-hybridized carbons (Fsp3) is 0.286. The number of furan rings is 1. The number of nitrogens with zero attached hydrogens (tertiary/aromatic N) is 4. The second-order valence-electron chi connectivity index (χ2n) is 4.84. The van der Waals surface area contributed by atoms with Crippen LogP contribution < -0.4 is 10.2 Å². The summed E-state index contributed by atoms with van der Waals surface area (Å²) >= 11 is 0. The zero-order chi connectivity index (χ0) is 13.4. The maximum absolute atomic E-state index is 5.34. The molecular weight excluding hydrogens is 254 g/mol. The molecule has 0 unspecified atom stereocenters. The number of aromatic nitrogens is 3. The van der Waals surface area contributed by atoms with Crippen molar-refractivity contribution in [2.75, 3.05) is 31.1 Å². The summed E-state index contributed by atoms with van der Waals surface area (Å²) in [5.41, 5.74) is 2.03. The van der Waals surface area contributed by atoms with Crippen LogP contribution in [0.5, 0.6) is 0 Å². The second-order valence-corrected chi connectivity index (χ2v) is 4.84. The maximum atomic E-state index is 5.34. The van der Waals surface area contributed by atoms with Gasteiger partial charge >= 0.3 is 0 Å². The van der Waals surface area contributed by atoms with E-state index in [-0.39, 0.29) is 0 Å². The molecule has 3 aromatic rings. The second kappa shape index (κ2) is 4.64. The quantitative estimate of drug-likeness (QED) is 0.762. The molecule has 4 rings (SSSR count). The number of hydrogen-bond donors (Lipinski definition) is 1. The Bertz CT molecular complexity index is 712. The summed E-state index contributed by atoms with van der Waals surface area (Å²) in [5, 5.41) is 7.78. The van der Waals surface area contributed by atoms with Crippen LogP contribution in [-0.2, 0) is 0 Å². The van der Waals surface area contributed by atoms with Gasteiger partial charge in [-0.25, -0.2) is 9.50 Å². The smallest absolute Gasteiger partial charge is 0.217 e. The van der Waals surface area contributed by atoms with Crippen LogP contribution in [0.4, 0.5) is 5.69 Å². The van der Waals surface area contributed by atoms with E-state index in [1.54, 1.807) is 10.8 Å². The monoisotopic (exact) mass is 269 g/mol. The Morgan fingerprint density at radius 3 is 2.90 bits per heavy atom. The molecule has 4 heterocycles. The minimum absolute atomic E-state index is 0.618. The van der Waals surface area contributed by atoms with Gasteiger partial charge in [-0.15, -0.1) is 5.10 Å². The molecule has 0 saturated carbocycles. The number of hydrogen-bond acceptors (Lipinski definition) is 5. The molecule has 0 radical (unpaired) electrons. The lowest BCUT2D eigenvalue weighted by Crippen LogP contribution is -2.43. The lowest BCUT2D eigenvalue weighted by molar-refractivity contribution is 0.577. The highest BCUT2D eigenvalue weighted by Gasteiger charge is 2.13. The van der Waals surface area contributed by atoms with Gasteiger partial charge in [0.1, 0.15) is 0 Å². The molecule has 102 valence electrons. The largest absolute Gasteiger partial charge is 0.461 e. The molecule has 0 spiro atoms. The van der Waals surface area contributed by atoms with Crippen LogP contribution in [-0.4, -0.2) is 40.8 Å². The van der Waals surface area contributed by atoms with Gasteiger partial charge < -0.3 is 14.6 Å². The SMILES string of the molecule is c1coc(-c2nc3cc(N4CCNCC4)ccn3n2)c1. The molecule has 0 aromatic carbocycles. The van der Waals surface area contributed by atoms with Gasteiger partial charge in [-0.2, -0.15) is 0 Å². The van der Waals surface area contributed by atoms with E-state index in [9.17, 15) is 0 Å². The van der Waals surface area contributed by atoms with Gasteiger partial charge in [-0.1, -0.05) is 0 Å². The van der Waals surface area contributed by atoms with Gasteiger partial charge in [0.05, 0.1) is 6.26 Å². The van der Waals surface area contributed by atoms with E-state index >= 15 is 0 Å². The third kappa shape index (κ3) is 1.94. The average molecular weight is 269 g/mol. The van der Waals surface area contributed by atoms with E-state index in [0.717, 1.165) is 31.8 Å². The van der Waals surface area contributed by atoms with Crippen molar-refractivity contribution in [2.45, 2.75) is 0 Å². The molecule has 0 aliphatic carbocycles. The fourth-order valence-corrected chi connectivity index (χ4v) is 2.50. The zero-order valence-corrected chi connectivity index (χ0v) is 11.0. The van der Waals surface area contributed by atoms with Gasteiger partial charge in [0, 0.05) is 44.1 Å². The van der Waals surface area contributed by atoms with Gasteiger partial charge in [-0.05, 0) is 18.2 Å². The van der Waals surface area contributed by atoms with Crippen LogP contribution in [0, 0.1) is 0 Å². The summed E-state index contributed by atoms with van der Waals surface area (Å²) in [6.07, 6.45) is 3.58. The average Bonchev–Trinajstić information content (AvgIpc) is 3.16. The van der Waals surface area contributed by atoms with Crippen LogP contribution in [0.3, 0.4) is 0 Å². The minimum atomic E-state index is 0.618. The fourth-order valence-electron chi connectivity index (χ4n) is 2.50. The first kappa shape index (κ1) is 11.5. The van der Waals surface area contributed by atoms with Crippen LogP contribution in [0.15, 0.2) is 41.1 Å². The molecule has 1 N–H and O–H groups in total. The van der Waals surface area contributed by atoms with E-state index in [2.05, 4.69) is 32.4 Å². The summed E-state index contributed by atoms with van der Waals surface area (Å²) < 4.78 is 7.12. The molecule has 6 nitrogen and oxygen atoms in total. The zero-order valence-electron chi connectivity index (χ0n) is 11.0. The summed E-state index contributed by atoms with van der Waals surface area (Å²) in [4.78, 5) is 6.89. The van der Waals surface area contributed by atoms with Crippen molar-refractivity contribution < 1.29 is 4.42 Å². The number of anilines is 1. The van der Waals surface area contributed by atoms with Gasteiger partial charge in [0.2, 0.25) is 5.82 Å². The van der Waals surface area contributed by atoms with E-state index in [4.69, 9.17) is 4.42 Å². The third-order valence-electron chi connectivity index (χ3n) is 3.54. The molecule has 1 aliphatic rings. The lowest BCUT2D eigenvalue weighted by Gasteiger charge is -2.29. The van der Waals surface area contributed by atoms with Crippen molar-refractivity contribution in [3.8, 4) is 11.6 Å². The summed E-state index contributed by atoms with van der Waals surface area (Å²) in [6.45, 7) is 4.09. The molecule has 1 fully saturated rings. The molecule has 1 aliphatic heterocycles. The van der Waals surface area contributed by atoms with Crippen molar-refractivity contribution in [2.24, 2.45) is 0 Å². The normalized spacial score (nSPS) is 15.9. The Hall–Kier alpha value is -2.34. The number of fused-ring (bicyclic) bond motifs is 1. The Morgan fingerprint density at radius 1 is 1.20 bits per heavy atom. The van der Waals surface area contributed by atoms with E-state index < -0.39 is 0 Å². The molecule has 1 saturated heterocycles. The van der Waals surface area contributed by atoms with Crippen LogP contribution >= 0.6 is 0 Å². The van der Waals surface area contributed by atoms with Crippen molar-refractivity contribution in [3.63, 3.8) is 0 Å². The van der Waals surface area contributed by atoms with Gasteiger partial charge in [0.15, 0.2) is 11.4 Å².